The first kappa shape index (κ1) is 13.4. The van der Waals surface area contributed by atoms with E-state index >= 15 is 0 Å². The Hall–Kier alpha value is -0.670. The standard InChI is InChI=1S/C12H16ClF2N/c1-2-6-16(7-5-13)9-10-3-4-11(14)12(15)8-10/h3-4,8H,2,5-7,9H2,1H3. The fourth-order valence-corrected chi connectivity index (χ4v) is 1.84. The zero-order valence-corrected chi connectivity index (χ0v) is 10.1. The van der Waals surface area contributed by atoms with Gasteiger partial charge in [0.1, 0.15) is 0 Å². The van der Waals surface area contributed by atoms with Crippen molar-refractivity contribution in [2.45, 2.75) is 19.9 Å². The molecule has 0 aromatic heterocycles. The summed E-state index contributed by atoms with van der Waals surface area (Å²) >= 11 is 5.68. The molecule has 0 amide bonds. The van der Waals surface area contributed by atoms with Gasteiger partial charge in [0.2, 0.25) is 0 Å². The Labute approximate surface area is 100 Å². The quantitative estimate of drug-likeness (QED) is 0.697. The Balaban J connectivity index is 2.65. The van der Waals surface area contributed by atoms with E-state index in [1.54, 1.807) is 6.07 Å². The molecular weight excluding hydrogens is 232 g/mol. The third kappa shape index (κ3) is 4.06. The van der Waals surface area contributed by atoms with E-state index in [9.17, 15) is 8.78 Å². The van der Waals surface area contributed by atoms with Gasteiger partial charge in [-0.05, 0) is 30.7 Å². The molecule has 0 bridgehead atoms. The number of rotatable bonds is 6. The van der Waals surface area contributed by atoms with Crippen molar-refractivity contribution in [1.82, 2.24) is 4.90 Å². The summed E-state index contributed by atoms with van der Waals surface area (Å²) in [5.74, 6) is -1.05. The number of benzene rings is 1. The molecule has 0 saturated heterocycles. The van der Waals surface area contributed by atoms with Gasteiger partial charge in [-0.25, -0.2) is 8.78 Å². The van der Waals surface area contributed by atoms with Gasteiger partial charge in [0.05, 0.1) is 0 Å². The molecule has 1 rings (SSSR count). The van der Waals surface area contributed by atoms with Crippen molar-refractivity contribution in [3.8, 4) is 0 Å². The van der Waals surface area contributed by atoms with Crippen molar-refractivity contribution in [2.24, 2.45) is 0 Å². The fraction of sp³-hybridized carbons (Fsp3) is 0.500. The van der Waals surface area contributed by atoms with Crippen molar-refractivity contribution in [2.75, 3.05) is 19.0 Å². The minimum atomic E-state index is -0.803. The molecule has 1 aromatic carbocycles. The van der Waals surface area contributed by atoms with E-state index in [2.05, 4.69) is 11.8 Å². The van der Waals surface area contributed by atoms with Crippen LogP contribution in [-0.4, -0.2) is 23.9 Å². The molecule has 90 valence electrons. The highest BCUT2D eigenvalue weighted by Gasteiger charge is 2.07. The van der Waals surface area contributed by atoms with Crippen LogP contribution in [0.1, 0.15) is 18.9 Å². The number of hydrogen-bond donors (Lipinski definition) is 0. The third-order valence-corrected chi connectivity index (χ3v) is 2.50. The normalized spacial score (nSPS) is 11.1. The van der Waals surface area contributed by atoms with Crippen molar-refractivity contribution < 1.29 is 8.78 Å². The predicted octanol–water partition coefficient (Wildman–Crippen LogP) is 3.42. The van der Waals surface area contributed by atoms with E-state index in [0.29, 0.717) is 12.4 Å². The molecule has 0 aliphatic heterocycles. The van der Waals surface area contributed by atoms with Crippen LogP contribution < -0.4 is 0 Å². The van der Waals surface area contributed by atoms with Crippen LogP contribution in [0.4, 0.5) is 8.78 Å². The number of halogens is 3. The van der Waals surface area contributed by atoms with Crippen LogP contribution in [0.25, 0.3) is 0 Å². The van der Waals surface area contributed by atoms with Crippen LogP contribution in [0.15, 0.2) is 18.2 Å². The lowest BCUT2D eigenvalue weighted by atomic mass is 10.2. The second-order valence-corrected chi connectivity index (χ2v) is 4.09. The highest BCUT2D eigenvalue weighted by atomic mass is 35.5. The minimum absolute atomic E-state index is 0.545. The van der Waals surface area contributed by atoms with Gasteiger partial charge in [0.15, 0.2) is 11.6 Å². The minimum Gasteiger partial charge on any atom is -0.298 e. The Morgan fingerprint density at radius 3 is 2.50 bits per heavy atom. The summed E-state index contributed by atoms with van der Waals surface area (Å²) in [6, 6.07) is 4.01. The summed E-state index contributed by atoms with van der Waals surface area (Å²) in [6.07, 6.45) is 1.01. The molecule has 0 fully saturated rings. The van der Waals surface area contributed by atoms with Crippen LogP contribution in [-0.2, 0) is 6.54 Å². The maximum Gasteiger partial charge on any atom is 0.159 e. The highest BCUT2D eigenvalue weighted by molar-refractivity contribution is 6.18. The molecule has 0 aliphatic carbocycles. The molecular formula is C12H16ClF2N. The number of hydrogen-bond acceptors (Lipinski definition) is 1. The summed E-state index contributed by atoms with van der Waals surface area (Å²) < 4.78 is 25.7. The van der Waals surface area contributed by atoms with Crippen LogP contribution in [0.3, 0.4) is 0 Å². The van der Waals surface area contributed by atoms with Gasteiger partial charge in [-0.2, -0.15) is 0 Å². The first-order chi connectivity index (χ1) is 7.67. The van der Waals surface area contributed by atoms with Crippen molar-refractivity contribution in [3.63, 3.8) is 0 Å². The molecule has 0 N–H and O–H groups in total. The van der Waals surface area contributed by atoms with Crippen LogP contribution in [0.2, 0.25) is 0 Å². The van der Waals surface area contributed by atoms with Gasteiger partial charge in [-0.3, -0.25) is 4.90 Å². The summed E-state index contributed by atoms with van der Waals surface area (Å²) in [5, 5.41) is 0. The highest BCUT2D eigenvalue weighted by Crippen LogP contribution is 2.11. The lowest BCUT2D eigenvalue weighted by Gasteiger charge is -2.20. The van der Waals surface area contributed by atoms with Crippen molar-refractivity contribution in [1.29, 1.82) is 0 Å². The van der Waals surface area contributed by atoms with E-state index in [1.165, 1.54) is 6.07 Å². The molecule has 0 radical (unpaired) electrons. The fourth-order valence-electron chi connectivity index (χ4n) is 1.60. The van der Waals surface area contributed by atoms with E-state index < -0.39 is 11.6 Å². The van der Waals surface area contributed by atoms with Crippen molar-refractivity contribution >= 4 is 11.6 Å². The molecule has 4 heteroatoms. The summed E-state index contributed by atoms with van der Waals surface area (Å²) in [6.45, 7) is 4.35. The molecule has 16 heavy (non-hydrogen) atoms. The Kier molecular flexibility index (Phi) is 5.71. The van der Waals surface area contributed by atoms with Gasteiger partial charge in [-0.15, -0.1) is 11.6 Å². The van der Waals surface area contributed by atoms with Crippen LogP contribution >= 0.6 is 11.6 Å². The molecule has 0 spiro atoms. The summed E-state index contributed by atoms with van der Waals surface area (Å²) in [7, 11) is 0. The molecule has 0 heterocycles. The second kappa shape index (κ2) is 6.81. The molecule has 0 atom stereocenters. The van der Waals surface area contributed by atoms with Crippen molar-refractivity contribution in [3.05, 3.63) is 35.4 Å². The van der Waals surface area contributed by atoms with Gasteiger partial charge in [0, 0.05) is 19.0 Å². The Morgan fingerprint density at radius 1 is 1.19 bits per heavy atom. The maximum atomic E-state index is 13.0. The van der Waals surface area contributed by atoms with E-state index in [-0.39, 0.29) is 0 Å². The lowest BCUT2D eigenvalue weighted by Crippen LogP contribution is -2.26. The largest absolute Gasteiger partial charge is 0.298 e. The first-order valence-corrected chi connectivity index (χ1v) is 5.93. The smallest absolute Gasteiger partial charge is 0.159 e. The number of nitrogens with zero attached hydrogens (tertiary/aromatic N) is 1. The first-order valence-electron chi connectivity index (χ1n) is 5.39. The Morgan fingerprint density at radius 2 is 1.94 bits per heavy atom. The summed E-state index contributed by atoms with van der Waals surface area (Å²) in [5.41, 5.74) is 0.775. The molecule has 1 aromatic rings. The predicted molar refractivity (Wildman–Crippen MR) is 62.6 cm³/mol. The third-order valence-electron chi connectivity index (χ3n) is 2.33. The number of alkyl halides is 1. The van der Waals surface area contributed by atoms with E-state index in [0.717, 1.165) is 31.1 Å². The zero-order valence-electron chi connectivity index (χ0n) is 9.35. The van der Waals surface area contributed by atoms with Gasteiger partial charge in [0.25, 0.3) is 0 Å². The maximum absolute atomic E-state index is 13.0. The Bertz CT molecular complexity index is 325. The van der Waals surface area contributed by atoms with Crippen LogP contribution in [0, 0.1) is 11.6 Å². The molecule has 0 saturated carbocycles. The zero-order chi connectivity index (χ0) is 12.0. The van der Waals surface area contributed by atoms with Crippen LogP contribution in [0.5, 0.6) is 0 Å². The van der Waals surface area contributed by atoms with E-state index in [4.69, 9.17) is 11.6 Å². The van der Waals surface area contributed by atoms with E-state index in [1.807, 2.05) is 0 Å². The van der Waals surface area contributed by atoms with Gasteiger partial charge >= 0.3 is 0 Å². The SMILES string of the molecule is CCCN(CCCl)Cc1ccc(F)c(F)c1. The summed E-state index contributed by atoms with van der Waals surface area (Å²) in [4.78, 5) is 2.12. The van der Waals surface area contributed by atoms with Gasteiger partial charge in [-0.1, -0.05) is 13.0 Å². The molecule has 0 unspecified atom stereocenters. The van der Waals surface area contributed by atoms with Gasteiger partial charge < -0.3 is 0 Å². The molecule has 1 nitrogen and oxygen atoms in total. The average molecular weight is 248 g/mol. The molecule has 0 aliphatic rings. The topological polar surface area (TPSA) is 3.24 Å². The lowest BCUT2D eigenvalue weighted by molar-refractivity contribution is 0.281. The monoisotopic (exact) mass is 247 g/mol. The second-order valence-electron chi connectivity index (χ2n) is 3.71. The average Bonchev–Trinajstić information content (AvgIpc) is 2.24.